The molecule has 2 fully saturated rings. The van der Waals surface area contributed by atoms with Crippen LogP contribution in [0.15, 0.2) is 29.2 Å². The molecule has 2 aliphatic heterocycles. The molecular formula is C16H23ClN2O3S. The molecule has 3 rings (SSSR count). The Balaban J connectivity index is 1.90. The van der Waals surface area contributed by atoms with Crippen molar-refractivity contribution < 1.29 is 13.5 Å². The number of likely N-dealkylation sites (N-methyl/N-ethyl adjacent to an activating group) is 1. The molecule has 0 spiro atoms. The maximum absolute atomic E-state index is 12.9. The third kappa shape index (κ3) is 2.91. The Labute approximate surface area is 142 Å². The molecule has 0 bridgehead atoms. The number of rotatable bonds is 3. The third-order valence-corrected chi connectivity index (χ3v) is 7.79. The van der Waals surface area contributed by atoms with Gasteiger partial charge >= 0.3 is 0 Å². The van der Waals surface area contributed by atoms with Gasteiger partial charge in [-0.3, -0.25) is 0 Å². The molecule has 1 aromatic rings. The van der Waals surface area contributed by atoms with Crippen LogP contribution in [-0.2, 0) is 10.0 Å². The molecule has 0 aliphatic carbocycles. The maximum atomic E-state index is 12.9. The highest BCUT2D eigenvalue weighted by molar-refractivity contribution is 7.89. The van der Waals surface area contributed by atoms with Crippen LogP contribution in [0.3, 0.4) is 0 Å². The lowest BCUT2D eigenvalue weighted by Crippen LogP contribution is -2.62. The van der Waals surface area contributed by atoms with E-state index in [4.69, 9.17) is 11.6 Å². The van der Waals surface area contributed by atoms with Gasteiger partial charge in [0.2, 0.25) is 10.0 Å². The van der Waals surface area contributed by atoms with Crippen molar-refractivity contribution in [2.75, 3.05) is 33.3 Å². The zero-order chi connectivity index (χ0) is 16.7. The molecular weight excluding hydrogens is 336 g/mol. The average Bonchev–Trinajstić information content (AvgIpc) is 2.55. The van der Waals surface area contributed by atoms with Crippen LogP contribution in [0, 0.1) is 5.41 Å². The minimum absolute atomic E-state index is 0.0484. The zero-order valence-electron chi connectivity index (χ0n) is 13.3. The monoisotopic (exact) mass is 358 g/mol. The van der Waals surface area contributed by atoms with Gasteiger partial charge in [0, 0.05) is 24.5 Å². The Bertz CT molecular complexity index is 682. The summed E-state index contributed by atoms with van der Waals surface area (Å²) in [6.45, 7) is 1.89. The van der Waals surface area contributed by atoms with Crippen LogP contribution in [0.5, 0.6) is 0 Å². The number of sulfonamides is 1. The van der Waals surface area contributed by atoms with E-state index in [1.54, 1.807) is 24.3 Å². The smallest absolute Gasteiger partial charge is 0.244 e. The Kier molecular flexibility index (Phi) is 4.73. The quantitative estimate of drug-likeness (QED) is 0.895. The number of piperidine rings is 2. The lowest BCUT2D eigenvalue weighted by atomic mass is 9.69. The number of fused-ring (bicyclic) bond motifs is 1. The Morgan fingerprint density at radius 2 is 2.04 bits per heavy atom. The van der Waals surface area contributed by atoms with E-state index in [9.17, 15) is 13.5 Å². The predicted molar refractivity (Wildman–Crippen MR) is 90.0 cm³/mol. The first-order valence-corrected chi connectivity index (χ1v) is 9.78. The fraction of sp³-hybridized carbons (Fsp3) is 0.625. The van der Waals surface area contributed by atoms with Crippen LogP contribution in [-0.4, -0.2) is 62.1 Å². The lowest BCUT2D eigenvalue weighted by molar-refractivity contribution is -0.0508. The number of halogens is 1. The fourth-order valence-corrected chi connectivity index (χ4v) is 5.94. The van der Waals surface area contributed by atoms with E-state index in [2.05, 4.69) is 4.90 Å². The fourth-order valence-electron chi connectivity index (χ4n) is 4.00. The van der Waals surface area contributed by atoms with Crippen molar-refractivity contribution in [2.45, 2.75) is 30.2 Å². The summed E-state index contributed by atoms with van der Waals surface area (Å²) in [5.41, 5.74) is -0.181. The summed E-state index contributed by atoms with van der Waals surface area (Å²) in [5.74, 6) is 0. The minimum Gasteiger partial charge on any atom is -0.396 e. The van der Waals surface area contributed by atoms with Gasteiger partial charge < -0.3 is 10.0 Å². The van der Waals surface area contributed by atoms with Gasteiger partial charge in [-0.2, -0.15) is 4.31 Å². The van der Waals surface area contributed by atoms with Crippen LogP contribution in [0.4, 0.5) is 0 Å². The van der Waals surface area contributed by atoms with Gasteiger partial charge in [-0.05, 0) is 45.0 Å². The van der Waals surface area contributed by atoms with Crippen LogP contribution < -0.4 is 0 Å². The summed E-state index contributed by atoms with van der Waals surface area (Å²) < 4.78 is 27.4. The number of benzene rings is 1. The highest BCUT2D eigenvalue weighted by Gasteiger charge is 2.48. The molecule has 0 aromatic heterocycles. The topological polar surface area (TPSA) is 60.9 Å². The van der Waals surface area contributed by atoms with Crippen molar-refractivity contribution >= 4 is 21.6 Å². The first-order chi connectivity index (χ1) is 10.9. The second kappa shape index (κ2) is 6.33. The summed E-state index contributed by atoms with van der Waals surface area (Å²) in [6, 6.07) is 6.61. The highest BCUT2D eigenvalue weighted by Crippen LogP contribution is 2.42. The van der Waals surface area contributed by atoms with E-state index in [0.717, 1.165) is 19.4 Å². The average molecular weight is 359 g/mol. The van der Waals surface area contributed by atoms with Gasteiger partial charge in [0.05, 0.1) is 11.6 Å². The summed E-state index contributed by atoms with van der Waals surface area (Å²) in [6.07, 6.45) is 2.69. The van der Waals surface area contributed by atoms with E-state index < -0.39 is 10.0 Å². The summed E-state index contributed by atoms with van der Waals surface area (Å²) in [7, 11) is -1.59. The summed E-state index contributed by atoms with van der Waals surface area (Å²) in [5, 5.41) is 10.2. The number of aliphatic hydroxyl groups excluding tert-OH is 1. The number of hydrogen-bond acceptors (Lipinski definition) is 4. The molecule has 2 atom stereocenters. The maximum Gasteiger partial charge on any atom is 0.244 e. The molecule has 0 radical (unpaired) electrons. The van der Waals surface area contributed by atoms with E-state index in [0.29, 0.717) is 19.5 Å². The van der Waals surface area contributed by atoms with E-state index in [1.807, 2.05) is 7.05 Å². The SMILES string of the molecule is CN1CCC[C@]2(CO)CCN(S(=O)(=O)c3ccccc3Cl)C[C@@H]12. The Morgan fingerprint density at radius 3 is 2.74 bits per heavy atom. The Morgan fingerprint density at radius 1 is 1.30 bits per heavy atom. The van der Waals surface area contributed by atoms with Crippen molar-refractivity contribution in [1.82, 2.24) is 9.21 Å². The van der Waals surface area contributed by atoms with Crippen molar-refractivity contribution in [2.24, 2.45) is 5.41 Å². The van der Waals surface area contributed by atoms with Crippen molar-refractivity contribution in [3.05, 3.63) is 29.3 Å². The summed E-state index contributed by atoms with van der Waals surface area (Å²) >= 11 is 6.09. The molecule has 2 aliphatic rings. The molecule has 128 valence electrons. The van der Waals surface area contributed by atoms with Gasteiger partial charge in [0.1, 0.15) is 4.90 Å². The molecule has 0 saturated carbocycles. The van der Waals surface area contributed by atoms with Gasteiger partial charge in [-0.25, -0.2) is 8.42 Å². The Hall–Kier alpha value is -0.660. The predicted octanol–water partition coefficient (Wildman–Crippen LogP) is 1.81. The minimum atomic E-state index is -3.61. The van der Waals surface area contributed by atoms with Gasteiger partial charge in [-0.1, -0.05) is 23.7 Å². The number of likely N-dealkylation sites (tertiary alicyclic amines) is 1. The normalized spacial score (nSPS) is 30.1. The largest absolute Gasteiger partial charge is 0.396 e. The number of hydrogen-bond donors (Lipinski definition) is 1. The van der Waals surface area contributed by atoms with E-state index in [1.165, 1.54) is 4.31 Å². The second-order valence-corrected chi connectivity index (χ2v) is 8.98. The molecule has 5 nitrogen and oxygen atoms in total. The van der Waals surface area contributed by atoms with Crippen LogP contribution in [0.25, 0.3) is 0 Å². The third-order valence-electron chi connectivity index (χ3n) is 5.43. The first kappa shape index (κ1) is 17.2. The van der Waals surface area contributed by atoms with Crippen molar-refractivity contribution in [1.29, 1.82) is 0 Å². The number of aliphatic hydroxyl groups is 1. The molecule has 23 heavy (non-hydrogen) atoms. The van der Waals surface area contributed by atoms with Crippen LogP contribution >= 0.6 is 11.6 Å². The highest BCUT2D eigenvalue weighted by atomic mass is 35.5. The molecule has 1 aromatic carbocycles. The van der Waals surface area contributed by atoms with E-state index in [-0.39, 0.29) is 28.0 Å². The van der Waals surface area contributed by atoms with Crippen LogP contribution in [0.2, 0.25) is 5.02 Å². The molecule has 0 unspecified atom stereocenters. The van der Waals surface area contributed by atoms with Gasteiger partial charge in [-0.15, -0.1) is 0 Å². The van der Waals surface area contributed by atoms with Crippen molar-refractivity contribution in [3.63, 3.8) is 0 Å². The standard InChI is InChI=1S/C16H23ClN2O3S/c1-18-9-4-7-16(12-20)8-10-19(11-15(16)18)23(21,22)14-6-3-2-5-13(14)17/h2-3,5-6,15,20H,4,7-12H2,1H3/t15-,16-/m1/s1. The van der Waals surface area contributed by atoms with Gasteiger partial charge in [0.25, 0.3) is 0 Å². The molecule has 7 heteroatoms. The van der Waals surface area contributed by atoms with Crippen molar-refractivity contribution in [3.8, 4) is 0 Å². The van der Waals surface area contributed by atoms with Gasteiger partial charge in [0.15, 0.2) is 0 Å². The molecule has 0 amide bonds. The second-order valence-electron chi connectivity index (χ2n) is 6.66. The molecule has 2 heterocycles. The zero-order valence-corrected chi connectivity index (χ0v) is 14.9. The lowest BCUT2D eigenvalue weighted by Gasteiger charge is -2.53. The van der Waals surface area contributed by atoms with E-state index >= 15 is 0 Å². The van der Waals surface area contributed by atoms with Crippen LogP contribution in [0.1, 0.15) is 19.3 Å². The molecule has 2 saturated heterocycles. The number of nitrogens with zero attached hydrogens (tertiary/aromatic N) is 2. The molecule has 1 N–H and O–H groups in total. The first-order valence-electron chi connectivity index (χ1n) is 7.96. The summed E-state index contributed by atoms with van der Waals surface area (Å²) in [4.78, 5) is 2.35.